The Morgan fingerprint density at radius 2 is 1.72 bits per heavy atom. The molecule has 1 aliphatic heterocycles. The molecule has 1 saturated carbocycles. The quantitative estimate of drug-likeness (QED) is 0.773. The first kappa shape index (κ1) is 13.8. The Morgan fingerprint density at radius 1 is 1.17 bits per heavy atom. The van der Waals surface area contributed by atoms with E-state index in [0.29, 0.717) is 25.7 Å². The van der Waals surface area contributed by atoms with Crippen molar-refractivity contribution in [2.75, 3.05) is 33.9 Å². The minimum absolute atomic E-state index is 0.00503. The summed E-state index contributed by atoms with van der Waals surface area (Å²) < 4.78 is 10.7. The number of methoxy groups -OCH3 is 2. The zero-order valence-electron chi connectivity index (χ0n) is 11.4. The van der Waals surface area contributed by atoms with Gasteiger partial charge in [-0.25, -0.2) is 0 Å². The van der Waals surface area contributed by atoms with Crippen molar-refractivity contribution in [3.63, 3.8) is 0 Å². The third-order valence-electron chi connectivity index (χ3n) is 4.07. The number of amides is 1. The number of likely N-dealkylation sites (tertiary alicyclic amines) is 1. The van der Waals surface area contributed by atoms with Gasteiger partial charge in [0.05, 0.1) is 6.54 Å². The molecule has 1 saturated heterocycles. The molecule has 1 N–H and O–H groups in total. The third kappa shape index (κ3) is 3.22. The highest BCUT2D eigenvalue weighted by atomic mass is 16.5. The molecule has 2 fully saturated rings. The fourth-order valence-corrected chi connectivity index (χ4v) is 2.87. The van der Waals surface area contributed by atoms with Crippen LogP contribution in [-0.4, -0.2) is 62.9 Å². The molecule has 1 aliphatic carbocycles. The number of carbonyl (C=O) groups excluding carboxylic acids is 1. The fourth-order valence-electron chi connectivity index (χ4n) is 2.87. The molecule has 0 aromatic heterocycles. The lowest BCUT2D eigenvalue weighted by atomic mass is 10.2. The predicted octanol–water partition coefficient (Wildman–Crippen LogP) is 0.391. The number of nitrogens with zero attached hydrogens (tertiary/aromatic N) is 1. The number of hydrogen-bond acceptors (Lipinski definition) is 4. The summed E-state index contributed by atoms with van der Waals surface area (Å²) in [5.74, 6) is 0.156. The van der Waals surface area contributed by atoms with Gasteiger partial charge >= 0.3 is 0 Å². The van der Waals surface area contributed by atoms with E-state index in [4.69, 9.17) is 9.47 Å². The standard InChI is InChI=1S/C13H24N2O3/c1-17-11-8-15(9-12(11)18-2)13(16)7-14-10-5-3-4-6-10/h10-12,14H,3-9H2,1-2H3. The highest BCUT2D eigenvalue weighted by Crippen LogP contribution is 2.18. The Morgan fingerprint density at radius 3 is 2.22 bits per heavy atom. The summed E-state index contributed by atoms with van der Waals surface area (Å²) in [6.07, 6.45) is 4.99. The molecule has 0 aromatic carbocycles. The predicted molar refractivity (Wildman–Crippen MR) is 68.4 cm³/mol. The Hall–Kier alpha value is -0.650. The molecule has 5 nitrogen and oxygen atoms in total. The lowest BCUT2D eigenvalue weighted by molar-refractivity contribution is -0.129. The van der Waals surface area contributed by atoms with E-state index in [-0.39, 0.29) is 18.1 Å². The normalized spacial score (nSPS) is 29.1. The van der Waals surface area contributed by atoms with Crippen LogP contribution in [0.25, 0.3) is 0 Å². The van der Waals surface area contributed by atoms with E-state index in [0.717, 1.165) is 0 Å². The Kier molecular flexibility index (Phi) is 4.97. The molecule has 1 amide bonds. The maximum atomic E-state index is 12.1. The van der Waals surface area contributed by atoms with Crippen molar-refractivity contribution in [2.24, 2.45) is 0 Å². The van der Waals surface area contributed by atoms with Gasteiger partial charge in [-0.15, -0.1) is 0 Å². The second-order valence-corrected chi connectivity index (χ2v) is 5.21. The molecular formula is C13H24N2O3. The minimum atomic E-state index is 0.00503. The summed E-state index contributed by atoms with van der Waals surface area (Å²) in [6.45, 7) is 1.72. The Bertz CT molecular complexity index is 267. The van der Waals surface area contributed by atoms with Crippen LogP contribution in [0.15, 0.2) is 0 Å². The first-order valence-corrected chi connectivity index (χ1v) is 6.81. The Balaban J connectivity index is 1.75. The molecule has 0 spiro atoms. The van der Waals surface area contributed by atoms with Crippen molar-refractivity contribution in [1.82, 2.24) is 10.2 Å². The van der Waals surface area contributed by atoms with Crippen molar-refractivity contribution < 1.29 is 14.3 Å². The highest BCUT2D eigenvalue weighted by molar-refractivity contribution is 5.78. The zero-order chi connectivity index (χ0) is 13.0. The lowest BCUT2D eigenvalue weighted by Gasteiger charge is -2.18. The van der Waals surface area contributed by atoms with Gasteiger partial charge in [0.25, 0.3) is 0 Å². The summed E-state index contributed by atoms with van der Waals surface area (Å²) in [5, 5.41) is 3.35. The van der Waals surface area contributed by atoms with Gasteiger partial charge in [0.2, 0.25) is 5.91 Å². The third-order valence-corrected chi connectivity index (χ3v) is 4.07. The van der Waals surface area contributed by atoms with Gasteiger partial charge in [0.15, 0.2) is 0 Å². The average molecular weight is 256 g/mol. The number of carbonyl (C=O) groups is 1. The number of hydrogen-bond donors (Lipinski definition) is 1. The molecule has 1 heterocycles. The monoisotopic (exact) mass is 256 g/mol. The van der Waals surface area contributed by atoms with Crippen molar-refractivity contribution >= 4 is 5.91 Å². The zero-order valence-corrected chi connectivity index (χ0v) is 11.4. The molecule has 2 aliphatic rings. The van der Waals surface area contributed by atoms with E-state index < -0.39 is 0 Å². The molecule has 104 valence electrons. The molecule has 0 radical (unpaired) electrons. The smallest absolute Gasteiger partial charge is 0.236 e. The van der Waals surface area contributed by atoms with Gasteiger partial charge in [-0.05, 0) is 12.8 Å². The van der Waals surface area contributed by atoms with E-state index in [1.807, 2.05) is 4.90 Å². The maximum Gasteiger partial charge on any atom is 0.236 e. The molecular weight excluding hydrogens is 232 g/mol. The van der Waals surface area contributed by atoms with Crippen LogP contribution in [0.3, 0.4) is 0 Å². The van der Waals surface area contributed by atoms with Crippen LogP contribution >= 0.6 is 0 Å². The van der Waals surface area contributed by atoms with Crippen molar-refractivity contribution in [3.05, 3.63) is 0 Å². The topological polar surface area (TPSA) is 50.8 Å². The van der Waals surface area contributed by atoms with Crippen molar-refractivity contribution in [2.45, 2.75) is 43.9 Å². The molecule has 5 heteroatoms. The second-order valence-electron chi connectivity index (χ2n) is 5.21. The van der Waals surface area contributed by atoms with Crippen LogP contribution in [0.1, 0.15) is 25.7 Å². The van der Waals surface area contributed by atoms with E-state index in [1.165, 1.54) is 25.7 Å². The first-order valence-electron chi connectivity index (χ1n) is 6.81. The second kappa shape index (κ2) is 6.50. The molecule has 2 atom stereocenters. The summed E-state index contributed by atoms with van der Waals surface area (Å²) in [5.41, 5.74) is 0. The van der Waals surface area contributed by atoms with E-state index in [1.54, 1.807) is 14.2 Å². The molecule has 18 heavy (non-hydrogen) atoms. The minimum Gasteiger partial charge on any atom is -0.377 e. The average Bonchev–Trinajstić information content (AvgIpc) is 3.04. The fraction of sp³-hybridized carbons (Fsp3) is 0.923. The highest BCUT2D eigenvalue weighted by Gasteiger charge is 2.35. The number of ether oxygens (including phenoxy) is 2. The van der Waals surface area contributed by atoms with Crippen LogP contribution in [0.5, 0.6) is 0 Å². The first-order chi connectivity index (χ1) is 8.74. The molecule has 0 bridgehead atoms. The number of rotatable bonds is 5. The summed E-state index contributed by atoms with van der Waals surface area (Å²) in [6, 6.07) is 0.535. The van der Waals surface area contributed by atoms with Crippen molar-refractivity contribution in [3.8, 4) is 0 Å². The largest absolute Gasteiger partial charge is 0.377 e. The van der Waals surface area contributed by atoms with Gasteiger partial charge in [-0.1, -0.05) is 12.8 Å². The summed E-state index contributed by atoms with van der Waals surface area (Å²) in [4.78, 5) is 13.9. The van der Waals surface area contributed by atoms with Gasteiger partial charge < -0.3 is 19.7 Å². The van der Waals surface area contributed by atoms with Crippen LogP contribution in [-0.2, 0) is 14.3 Å². The molecule has 0 aromatic rings. The van der Waals surface area contributed by atoms with E-state index >= 15 is 0 Å². The van der Waals surface area contributed by atoms with Crippen LogP contribution < -0.4 is 5.32 Å². The SMILES string of the molecule is COC1CN(C(=O)CNC2CCCC2)CC1OC. The van der Waals surface area contributed by atoms with E-state index in [9.17, 15) is 4.79 Å². The number of nitrogens with one attached hydrogen (secondary N) is 1. The van der Waals surface area contributed by atoms with Gasteiger partial charge in [-0.2, -0.15) is 0 Å². The van der Waals surface area contributed by atoms with Crippen molar-refractivity contribution in [1.29, 1.82) is 0 Å². The molecule has 2 rings (SSSR count). The summed E-state index contributed by atoms with van der Waals surface area (Å²) >= 11 is 0. The maximum absolute atomic E-state index is 12.1. The van der Waals surface area contributed by atoms with Gasteiger partial charge in [0, 0.05) is 33.4 Å². The van der Waals surface area contributed by atoms with Gasteiger partial charge in [-0.3, -0.25) is 4.79 Å². The molecule has 2 unspecified atom stereocenters. The van der Waals surface area contributed by atoms with Crippen LogP contribution in [0.2, 0.25) is 0 Å². The Labute approximate surface area is 109 Å². The van der Waals surface area contributed by atoms with Gasteiger partial charge in [0.1, 0.15) is 12.2 Å². The van der Waals surface area contributed by atoms with Crippen LogP contribution in [0, 0.1) is 0 Å². The van der Waals surface area contributed by atoms with Crippen LogP contribution in [0.4, 0.5) is 0 Å². The van der Waals surface area contributed by atoms with E-state index in [2.05, 4.69) is 5.32 Å². The lowest BCUT2D eigenvalue weighted by Crippen LogP contribution is -2.40. The summed E-state index contributed by atoms with van der Waals surface area (Å²) in [7, 11) is 3.34.